The molecule has 3 aromatic carbocycles. The summed E-state index contributed by atoms with van der Waals surface area (Å²) in [5.74, 6) is -0.248. The number of hydrogen-bond acceptors (Lipinski definition) is 3. The summed E-state index contributed by atoms with van der Waals surface area (Å²) < 4.78 is 0. The Kier molecular flexibility index (Phi) is 4.72. The predicted molar refractivity (Wildman–Crippen MR) is 107 cm³/mol. The van der Waals surface area contributed by atoms with Gasteiger partial charge in [-0.3, -0.25) is 9.59 Å². The molecule has 5 heteroatoms. The van der Waals surface area contributed by atoms with E-state index in [0.29, 0.717) is 17.8 Å². The van der Waals surface area contributed by atoms with E-state index >= 15 is 0 Å². The fraction of sp³-hybridized carbons (Fsp3) is 0.0870. The van der Waals surface area contributed by atoms with Gasteiger partial charge in [0.05, 0.1) is 5.69 Å². The minimum Gasteiger partial charge on any atom is -0.310 e. The lowest BCUT2D eigenvalue weighted by molar-refractivity contribution is -0.116. The van der Waals surface area contributed by atoms with Crippen LogP contribution in [-0.4, -0.2) is 29.7 Å². The Labute approximate surface area is 162 Å². The number of carbonyl (C=O) groups is 3. The Morgan fingerprint density at radius 3 is 2.07 bits per heavy atom. The first-order valence-corrected chi connectivity index (χ1v) is 8.97. The van der Waals surface area contributed by atoms with Crippen molar-refractivity contribution in [3.05, 3.63) is 90.0 Å². The smallest absolute Gasteiger partial charge is 0.310 e. The number of benzene rings is 3. The van der Waals surface area contributed by atoms with E-state index in [4.69, 9.17) is 0 Å². The number of urea groups is 1. The Bertz CT molecular complexity index is 1010. The number of amides is 3. The zero-order valence-corrected chi connectivity index (χ0v) is 15.1. The van der Waals surface area contributed by atoms with Crippen LogP contribution in [0.15, 0.2) is 78.9 Å². The average Bonchev–Trinajstić information content (AvgIpc) is 3.02. The molecule has 0 bridgehead atoms. The van der Waals surface area contributed by atoms with Crippen molar-refractivity contribution in [3.63, 3.8) is 0 Å². The molecule has 4 rings (SSSR count). The van der Waals surface area contributed by atoms with Crippen LogP contribution in [0.25, 0.3) is 11.1 Å². The van der Waals surface area contributed by atoms with Gasteiger partial charge in [0.1, 0.15) is 12.8 Å². The second-order valence-electron chi connectivity index (χ2n) is 6.64. The molecule has 0 aromatic heterocycles. The highest BCUT2D eigenvalue weighted by molar-refractivity contribution is 6.19. The summed E-state index contributed by atoms with van der Waals surface area (Å²) in [4.78, 5) is 38.7. The fourth-order valence-electron chi connectivity index (χ4n) is 3.28. The monoisotopic (exact) mass is 370 g/mol. The summed E-state index contributed by atoms with van der Waals surface area (Å²) >= 11 is 0. The third kappa shape index (κ3) is 3.42. The van der Waals surface area contributed by atoms with E-state index in [1.807, 2.05) is 42.5 Å². The first-order valence-electron chi connectivity index (χ1n) is 8.97. The molecular formula is C23H18N2O3. The van der Waals surface area contributed by atoms with Crippen LogP contribution in [0, 0.1) is 0 Å². The van der Waals surface area contributed by atoms with Crippen LogP contribution in [0.1, 0.15) is 15.9 Å². The summed E-state index contributed by atoms with van der Waals surface area (Å²) in [5.41, 5.74) is 4.11. The van der Waals surface area contributed by atoms with Gasteiger partial charge in [-0.25, -0.2) is 9.69 Å². The number of carbonyl (C=O) groups excluding carboxylic acids is 3. The summed E-state index contributed by atoms with van der Waals surface area (Å²) in [7, 11) is 0. The van der Waals surface area contributed by atoms with E-state index < -0.39 is 0 Å². The lowest BCUT2D eigenvalue weighted by atomic mass is 10.1. The number of nitrogens with zero attached hydrogens (tertiary/aromatic N) is 2. The lowest BCUT2D eigenvalue weighted by Crippen LogP contribution is -2.32. The molecule has 3 amide bonds. The van der Waals surface area contributed by atoms with E-state index in [-0.39, 0.29) is 18.5 Å². The number of anilines is 1. The van der Waals surface area contributed by atoms with Gasteiger partial charge in [0, 0.05) is 12.1 Å². The van der Waals surface area contributed by atoms with E-state index in [2.05, 4.69) is 0 Å². The van der Waals surface area contributed by atoms with Gasteiger partial charge in [-0.05, 0) is 28.8 Å². The van der Waals surface area contributed by atoms with Gasteiger partial charge in [0.25, 0.3) is 5.91 Å². The SMILES string of the molecule is O=Cc1ccc(CN2CC(=O)N(c3ccc(-c4ccccc4)cc3)C2=O)cc1. The molecule has 138 valence electrons. The van der Waals surface area contributed by atoms with Crippen molar-refractivity contribution in [2.75, 3.05) is 11.4 Å². The maximum atomic E-state index is 12.8. The molecule has 0 aliphatic carbocycles. The van der Waals surface area contributed by atoms with Crippen LogP contribution in [-0.2, 0) is 11.3 Å². The molecule has 1 fully saturated rings. The quantitative estimate of drug-likeness (QED) is 0.501. The normalized spacial score (nSPS) is 13.9. The third-order valence-electron chi connectivity index (χ3n) is 4.76. The highest BCUT2D eigenvalue weighted by Crippen LogP contribution is 2.26. The molecule has 1 aliphatic heterocycles. The Morgan fingerprint density at radius 1 is 0.786 bits per heavy atom. The van der Waals surface area contributed by atoms with Crippen molar-refractivity contribution in [1.82, 2.24) is 4.90 Å². The van der Waals surface area contributed by atoms with Crippen molar-refractivity contribution in [3.8, 4) is 11.1 Å². The van der Waals surface area contributed by atoms with Crippen molar-refractivity contribution >= 4 is 23.9 Å². The Balaban J connectivity index is 1.51. The molecule has 0 N–H and O–H groups in total. The molecule has 5 nitrogen and oxygen atoms in total. The summed E-state index contributed by atoms with van der Waals surface area (Å²) in [6.45, 7) is 0.358. The largest absolute Gasteiger partial charge is 0.332 e. The van der Waals surface area contributed by atoms with Crippen molar-refractivity contribution in [2.45, 2.75) is 6.54 Å². The van der Waals surface area contributed by atoms with E-state index in [0.717, 1.165) is 23.0 Å². The number of rotatable bonds is 5. The molecule has 0 unspecified atom stereocenters. The lowest BCUT2D eigenvalue weighted by Gasteiger charge is -2.17. The molecule has 0 saturated carbocycles. The Morgan fingerprint density at radius 2 is 1.43 bits per heavy atom. The highest BCUT2D eigenvalue weighted by atomic mass is 16.2. The first-order chi connectivity index (χ1) is 13.7. The summed E-state index contributed by atoms with van der Waals surface area (Å²) in [6, 6.07) is 24.0. The van der Waals surface area contributed by atoms with Crippen LogP contribution in [0.3, 0.4) is 0 Å². The zero-order chi connectivity index (χ0) is 19.5. The zero-order valence-electron chi connectivity index (χ0n) is 15.1. The number of hydrogen-bond donors (Lipinski definition) is 0. The summed E-state index contributed by atoms with van der Waals surface area (Å²) in [5, 5.41) is 0. The van der Waals surface area contributed by atoms with E-state index in [1.165, 1.54) is 9.80 Å². The standard InChI is InChI=1S/C23H18N2O3/c26-16-18-8-6-17(7-9-18)14-24-15-22(27)25(23(24)28)21-12-10-20(11-13-21)19-4-2-1-3-5-19/h1-13,16H,14-15H2. The molecule has 0 radical (unpaired) electrons. The molecule has 3 aromatic rings. The molecule has 1 aliphatic rings. The van der Waals surface area contributed by atoms with Gasteiger partial charge < -0.3 is 4.90 Å². The molecule has 0 spiro atoms. The molecular weight excluding hydrogens is 352 g/mol. The van der Waals surface area contributed by atoms with Crippen molar-refractivity contribution in [1.29, 1.82) is 0 Å². The van der Waals surface area contributed by atoms with E-state index in [1.54, 1.807) is 36.4 Å². The molecule has 1 saturated heterocycles. The van der Waals surface area contributed by atoms with Crippen LogP contribution >= 0.6 is 0 Å². The van der Waals surface area contributed by atoms with Gasteiger partial charge in [-0.2, -0.15) is 0 Å². The topological polar surface area (TPSA) is 57.7 Å². The molecule has 0 atom stereocenters. The van der Waals surface area contributed by atoms with Crippen LogP contribution < -0.4 is 4.90 Å². The van der Waals surface area contributed by atoms with Gasteiger partial charge in [0.2, 0.25) is 0 Å². The van der Waals surface area contributed by atoms with Gasteiger partial charge in [-0.15, -0.1) is 0 Å². The number of aldehydes is 1. The minimum absolute atomic E-state index is 0.0364. The minimum atomic E-state index is -0.336. The van der Waals surface area contributed by atoms with Crippen molar-refractivity contribution in [2.24, 2.45) is 0 Å². The molecule has 28 heavy (non-hydrogen) atoms. The van der Waals surface area contributed by atoms with Gasteiger partial charge >= 0.3 is 6.03 Å². The maximum absolute atomic E-state index is 12.8. The van der Waals surface area contributed by atoms with Crippen LogP contribution in [0.4, 0.5) is 10.5 Å². The maximum Gasteiger partial charge on any atom is 0.332 e. The number of imide groups is 1. The van der Waals surface area contributed by atoms with Crippen LogP contribution in [0.2, 0.25) is 0 Å². The highest BCUT2D eigenvalue weighted by Gasteiger charge is 2.36. The van der Waals surface area contributed by atoms with Gasteiger partial charge in [-0.1, -0.05) is 66.7 Å². The van der Waals surface area contributed by atoms with Crippen molar-refractivity contribution < 1.29 is 14.4 Å². The summed E-state index contributed by atoms with van der Waals surface area (Å²) in [6.07, 6.45) is 0.773. The molecule has 1 heterocycles. The second-order valence-corrected chi connectivity index (χ2v) is 6.64. The second kappa shape index (κ2) is 7.48. The van der Waals surface area contributed by atoms with Gasteiger partial charge in [0.15, 0.2) is 0 Å². The van der Waals surface area contributed by atoms with Crippen LogP contribution in [0.5, 0.6) is 0 Å². The first kappa shape index (κ1) is 17.7. The third-order valence-corrected chi connectivity index (χ3v) is 4.76. The predicted octanol–water partition coefficient (Wildman–Crippen LogP) is 4.13. The van der Waals surface area contributed by atoms with E-state index in [9.17, 15) is 14.4 Å². The average molecular weight is 370 g/mol. The Hall–Kier alpha value is -3.73. The fourth-order valence-corrected chi connectivity index (χ4v) is 3.28.